The maximum absolute atomic E-state index is 12.3. The Kier molecular flexibility index (Phi) is 5.92. The Morgan fingerprint density at radius 3 is 2.87 bits per heavy atom. The second-order valence-corrected chi connectivity index (χ2v) is 7.45. The Bertz CT molecular complexity index is 1190. The second-order valence-electron chi connectivity index (χ2n) is 7.45. The standard InChI is InChI=1S/C22H25N7O2/c1-4-29-19(11-16(3)27-29)22-26-25-21(31-22)9-8-20(30)24-18-12-23-28(14-18)13-17-7-5-6-15(2)10-17/h5-7,10-12,14H,4,8-9,13H2,1-3H3,(H,24,30). The van der Waals surface area contributed by atoms with Crippen LogP contribution in [0.25, 0.3) is 11.6 Å². The largest absolute Gasteiger partial charge is 0.419 e. The van der Waals surface area contributed by atoms with Crippen molar-refractivity contribution >= 4 is 11.6 Å². The Morgan fingerprint density at radius 2 is 2.06 bits per heavy atom. The van der Waals surface area contributed by atoms with Crippen molar-refractivity contribution in [2.24, 2.45) is 0 Å². The molecule has 9 nitrogen and oxygen atoms in total. The molecule has 31 heavy (non-hydrogen) atoms. The van der Waals surface area contributed by atoms with E-state index in [0.717, 1.165) is 17.0 Å². The molecule has 0 saturated carbocycles. The fourth-order valence-electron chi connectivity index (χ4n) is 3.37. The zero-order valence-corrected chi connectivity index (χ0v) is 17.9. The average molecular weight is 419 g/mol. The number of anilines is 1. The average Bonchev–Trinajstić information content (AvgIpc) is 3.46. The van der Waals surface area contributed by atoms with Crippen molar-refractivity contribution in [1.29, 1.82) is 0 Å². The molecule has 0 spiro atoms. The lowest BCUT2D eigenvalue weighted by Crippen LogP contribution is -2.12. The molecule has 0 radical (unpaired) electrons. The van der Waals surface area contributed by atoms with Gasteiger partial charge in [-0.2, -0.15) is 10.2 Å². The molecule has 0 unspecified atom stereocenters. The smallest absolute Gasteiger partial charge is 0.265 e. The Balaban J connectivity index is 1.31. The maximum atomic E-state index is 12.3. The zero-order chi connectivity index (χ0) is 21.8. The molecule has 0 aliphatic carbocycles. The number of amides is 1. The molecule has 0 fully saturated rings. The summed E-state index contributed by atoms with van der Waals surface area (Å²) >= 11 is 0. The van der Waals surface area contributed by atoms with Crippen LogP contribution in [-0.2, 0) is 24.3 Å². The van der Waals surface area contributed by atoms with E-state index in [2.05, 4.69) is 50.8 Å². The van der Waals surface area contributed by atoms with Gasteiger partial charge in [0.15, 0.2) is 0 Å². The fourth-order valence-corrected chi connectivity index (χ4v) is 3.37. The number of aromatic nitrogens is 6. The van der Waals surface area contributed by atoms with Gasteiger partial charge in [0.2, 0.25) is 11.8 Å². The maximum Gasteiger partial charge on any atom is 0.265 e. The Labute approximate surface area is 180 Å². The summed E-state index contributed by atoms with van der Waals surface area (Å²) in [5.41, 5.74) is 4.69. The molecule has 0 aliphatic rings. The van der Waals surface area contributed by atoms with Gasteiger partial charge in [-0.3, -0.25) is 14.2 Å². The molecule has 1 N–H and O–H groups in total. The van der Waals surface area contributed by atoms with Crippen LogP contribution in [0.5, 0.6) is 0 Å². The van der Waals surface area contributed by atoms with Gasteiger partial charge in [-0.1, -0.05) is 29.8 Å². The van der Waals surface area contributed by atoms with E-state index in [9.17, 15) is 4.79 Å². The van der Waals surface area contributed by atoms with Crippen molar-refractivity contribution in [2.45, 2.75) is 46.7 Å². The van der Waals surface area contributed by atoms with Crippen molar-refractivity contribution in [3.05, 3.63) is 65.4 Å². The predicted molar refractivity (Wildman–Crippen MR) is 115 cm³/mol. The molecular weight excluding hydrogens is 394 g/mol. The topological polar surface area (TPSA) is 104 Å². The first-order chi connectivity index (χ1) is 15.0. The first-order valence-electron chi connectivity index (χ1n) is 10.2. The van der Waals surface area contributed by atoms with Gasteiger partial charge in [-0.25, -0.2) is 0 Å². The molecule has 3 heterocycles. The van der Waals surface area contributed by atoms with Gasteiger partial charge in [-0.15, -0.1) is 10.2 Å². The van der Waals surface area contributed by atoms with Crippen LogP contribution in [0.1, 0.15) is 36.1 Å². The highest BCUT2D eigenvalue weighted by atomic mass is 16.4. The minimum absolute atomic E-state index is 0.135. The molecule has 0 saturated heterocycles. The van der Waals surface area contributed by atoms with Gasteiger partial charge in [-0.05, 0) is 32.4 Å². The van der Waals surface area contributed by atoms with Gasteiger partial charge >= 0.3 is 0 Å². The first-order valence-corrected chi connectivity index (χ1v) is 10.2. The van der Waals surface area contributed by atoms with Crippen LogP contribution in [0.4, 0.5) is 5.69 Å². The van der Waals surface area contributed by atoms with Crippen LogP contribution >= 0.6 is 0 Å². The van der Waals surface area contributed by atoms with Crippen molar-refractivity contribution in [2.75, 3.05) is 5.32 Å². The summed E-state index contributed by atoms with van der Waals surface area (Å²) in [6.45, 7) is 7.34. The normalized spacial score (nSPS) is 11.1. The zero-order valence-electron chi connectivity index (χ0n) is 17.9. The summed E-state index contributed by atoms with van der Waals surface area (Å²) in [6.07, 6.45) is 4.05. The van der Waals surface area contributed by atoms with Crippen LogP contribution in [0, 0.1) is 13.8 Å². The number of nitrogens with one attached hydrogen (secondary N) is 1. The quantitative estimate of drug-likeness (QED) is 0.469. The number of carbonyl (C=O) groups excluding carboxylic acids is 1. The monoisotopic (exact) mass is 419 g/mol. The fraction of sp³-hybridized carbons (Fsp3) is 0.318. The minimum atomic E-state index is -0.135. The molecule has 9 heteroatoms. The summed E-state index contributed by atoms with van der Waals surface area (Å²) in [6, 6.07) is 10.2. The van der Waals surface area contributed by atoms with Gasteiger partial charge in [0.05, 0.1) is 24.1 Å². The van der Waals surface area contributed by atoms with Crippen LogP contribution in [-0.4, -0.2) is 35.7 Å². The van der Waals surface area contributed by atoms with Crippen molar-refractivity contribution in [3.63, 3.8) is 0 Å². The van der Waals surface area contributed by atoms with Crippen molar-refractivity contribution in [1.82, 2.24) is 29.8 Å². The van der Waals surface area contributed by atoms with E-state index in [-0.39, 0.29) is 12.3 Å². The number of benzene rings is 1. The Morgan fingerprint density at radius 1 is 1.19 bits per heavy atom. The molecule has 160 valence electrons. The van der Waals surface area contributed by atoms with Crippen molar-refractivity contribution < 1.29 is 9.21 Å². The van der Waals surface area contributed by atoms with E-state index in [4.69, 9.17) is 4.42 Å². The number of carbonyl (C=O) groups is 1. The highest BCUT2D eigenvalue weighted by Crippen LogP contribution is 2.20. The summed E-state index contributed by atoms with van der Waals surface area (Å²) in [5, 5.41) is 19.7. The molecular formula is C22H25N7O2. The molecule has 4 aromatic rings. The highest BCUT2D eigenvalue weighted by molar-refractivity contribution is 5.90. The van der Waals surface area contributed by atoms with E-state index >= 15 is 0 Å². The Hall–Kier alpha value is -3.75. The van der Waals surface area contributed by atoms with Crippen LogP contribution in [0.15, 0.2) is 47.1 Å². The lowest BCUT2D eigenvalue weighted by Gasteiger charge is -2.03. The van der Waals surface area contributed by atoms with Gasteiger partial charge < -0.3 is 9.73 Å². The molecule has 1 aromatic carbocycles. The molecule has 0 bridgehead atoms. The van der Waals surface area contributed by atoms with Gasteiger partial charge in [0.25, 0.3) is 5.89 Å². The third-order valence-electron chi connectivity index (χ3n) is 4.80. The number of hydrogen-bond acceptors (Lipinski definition) is 6. The highest BCUT2D eigenvalue weighted by Gasteiger charge is 2.15. The number of rotatable bonds is 8. The SMILES string of the molecule is CCn1nc(C)cc1-c1nnc(CCC(=O)Nc2cnn(Cc3cccc(C)c3)c2)o1. The van der Waals surface area contributed by atoms with Crippen LogP contribution in [0.3, 0.4) is 0 Å². The van der Waals surface area contributed by atoms with Crippen LogP contribution in [0.2, 0.25) is 0 Å². The minimum Gasteiger partial charge on any atom is -0.419 e. The molecule has 0 aliphatic heterocycles. The van der Waals surface area contributed by atoms with Crippen molar-refractivity contribution in [3.8, 4) is 11.6 Å². The predicted octanol–water partition coefficient (Wildman–Crippen LogP) is 3.39. The number of hydrogen-bond donors (Lipinski definition) is 1. The van der Waals surface area contributed by atoms with E-state index in [1.807, 2.05) is 36.9 Å². The van der Waals surface area contributed by atoms with Crippen LogP contribution < -0.4 is 5.32 Å². The molecule has 4 rings (SSSR count). The van der Waals surface area contributed by atoms with Gasteiger partial charge in [0, 0.05) is 25.6 Å². The lowest BCUT2D eigenvalue weighted by molar-refractivity contribution is -0.116. The molecule has 0 atom stereocenters. The number of nitrogens with zero attached hydrogens (tertiary/aromatic N) is 6. The van der Waals surface area contributed by atoms with E-state index in [1.54, 1.807) is 10.9 Å². The summed E-state index contributed by atoms with van der Waals surface area (Å²) < 4.78 is 9.34. The number of aryl methyl sites for hydroxylation is 4. The van der Waals surface area contributed by atoms with E-state index in [1.165, 1.54) is 5.56 Å². The summed E-state index contributed by atoms with van der Waals surface area (Å²) in [7, 11) is 0. The molecule has 1 amide bonds. The third-order valence-corrected chi connectivity index (χ3v) is 4.80. The molecule has 3 aromatic heterocycles. The van der Waals surface area contributed by atoms with Gasteiger partial charge in [0.1, 0.15) is 5.69 Å². The van der Waals surface area contributed by atoms with E-state index in [0.29, 0.717) is 37.0 Å². The summed E-state index contributed by atoms with van der Waals surface area (Å²) in [4.78, 5) is 12.3. The van der Waals surface area contributed by atoms with E-state index < -0.39 is 0 Å². The first kappa shape index (κ1) is 20.5. The summed E-state index contributed by atoms with van der Waals surface area (Å²) in [5.74, 6) is 0.696. The third kappa shape index (κ3) is 5.06. The lowest BCUT2D eigenvalue weighted by atomic mass is 10.1. The second kappa shape index (κ2) is 8.95.